The lowest BCUT2D eigenvalue weighted by Gasteiger charge is -2.38. The molecule has 2 aromatic carbocycles. The van der Waals surface area contributed by atoms with E-state index in [0.717, 1.165) is 70.2 Å². The minimum Gasteiger partial charge on any atom is -0.492 e. The predicted octanol–water partition coefficient (Wildman–Crippen LogP) is 3.22. The van der Waals surface area contributed by atoms with E-state index in [1.165, 1.54) is 11.1 Å². The average molecular weight is 408 g/mol. The first-order valence-corrected chi connectivity index (χ1v) is 11.1. The van der Waals surface area contributed by atoms with Crippen LogP contribution in [0.15, 0.2) is 48.5 Å². The summed E-state index contributed by atoms with van der Waals surface area (Å²) in [6.07, 6.45) is 2.03. The molecular weight excluding hydrogens is 374 g/mol. The smallest absolute Gasteiger partial charge is 0.223 e. The summed E-state index contributed by atoms with van der Waals surface area (Å²) in [7, 11) is 0. The number of carbonyl (C=O) groups excluding carboxylic acids is 1. The molecule has 0 radical (unpaired) electrons. The van der Waals surface area contributed by atoms with Crippen molar-refractivity contribution >= 4 is 11.6 Å². The Kier molecular flexibility index (Phi) is 6.70. The molecule has 0 aliphatic carbocycles. The normalized spacial score (nSPS) is 18.3. The SMILES string of the molecule is CC(=O)N1CCc2cc(CC(C)N3CCN(CCOc4ccccc4)CC3)ccc21. The summed E-state index contributed by atoms with van der Waals surface area (Å²) in [5, 5.41) is 0. The van der Waals surface area contributed by atoms with Gasteiger partial charge in [0.05, 0.1) is 0 Å². The Balaban J connectivity index is 1.22. The highest BCUT2D eigenvalue weighted by molar-refractivity contribution is 5.93. The zero-order valence-corrected chi connectivity index (χ0v) is 18.2. The lowest BCUT2D eigenvalue weighted by molar-refractivity contribution is -0.116. The average Bonchev–Trinajstić information content (AvgIpc) is 3.18. The lowest BCUT2D eigenvalue weighted by Crippen LogP contribution is -2.50. The molecular formula is C25H33N3O2. The second-order valence-corrected chi connectivity index (χ2v) is 8.48. The Morgan fingerprint density at radius 3 is 2.53 bits per heavy atom. The molecule has 2 heterocycles. The fraction of sp³-hybridized carbons (Fsp3) is 0.480. The molecule has 4 rings (SSSR count). The Bertz CT molecular complexity index is 847. The van der Waals surface area contributed by atoms with Crippen molar-refractivity contribution < 1.29 is 9.53 Å². The van der Waals surface area contributed by atoms with E-state index in [1.807, 2.05) is 35.2 Å². The number of piperazine rings is 1. The van der Waals surface area contributed by atoms with Crippen molar-refractivity contribution in [3.63, 3.8) is 0 Å². The van der Waals surface area contributed by atoms with E-state index >= 15 is 0 Å². The second-order valence-electron chi connectivity index (χ2n) is 8.48. The fourth-order valence-electron chi connectivity index (χ4n) is 4.62. The van der Waals surface area contributed by atoms with Gasteiger partial charge in [-0.1, -0.05) is 30.3 Å². The molecule has 1 unspecified atom stereocenters. The number of hydrogen-bond acceptors (Lipinski definition) is 4. The van der Waals surface area contributed by atoms with E-state index < -0.39 is 0 Å². The Morgan fingerprint density at radius 1 is 1.03 bits per heavy atom. The summed E-state index contributed by atoms with van der Waals surface area (Å²) in [6, 6.07) is 17.2. The van der Waals surface area contributed by atoms with E-state index in [0.29, 0.717) is 6.04 Å². The number of nitrogens with zero attached hydrogens (tertiary/aromatic N) is 3. The van der Waals surface area contributed by atoms with Gasteiger partial charge in [-0.05, 0) is 49.1 Å². The number of anilines is 1. The zero-order valence-electron chi connectivity index (χ0n) is 18.2. The molecule has 30 heavy (non-hydrogen) atoms. The third-order valence-electron chi connectivity index (χ3n) is 6.40. The summed E-state index contributed by atoms with van der Waals surface area (Å²) in [6.45, 7) is 10.9. The maximum absolute atomic E-state index is 11.7. The third-order valence-corrected chi connectivity index (χ3v) is 6.40. The molecule has 2 aromatic rings. The number of amides is 1. The minimum atomic E-state index is 0.141. The summed E-state index contributed by atoms with van der Waals surface area (Å²) in [5.74, 6) is 1.09. The molecule has 1 amide bonds. The van der Waals surface area contributed by atoms with Gasteiger partial charge in [-0.25, -0.2) is 0 Å². The van der Waals surface area contributed by atoms with Crippen LogP contribution in [0.25, 0.3) is 0 Å². The maximum Gasteiger partial charge on any atom is 0.223 e. The van der Waals surface area contributed by atoms with Crippen LogP contribution in [0.1, 0.15) is 25.0 Å². The van der Waals surface area contributed by atoms with Crippen LogP contribution in [0.2, 0.25) is 0 Å². The maximum atomic E-state index is 11.7. The van der Waals surface area contributed by atoms with Gasteiger partial charge in [0.15, 0.2) is 0 Å². The molecule has 0 aromatic heterocycles. The molecule has 160 valence electrons. The highest BCUT2D eigenvalue weighted by atomic mass is 16.5. The number of carbonyl (C=O) groups is 1. The number of para-hydroxylation sites is 1. The standard InChI is InChI=1S/C25H33N3O2/c1-20(18-22-8-9-25-23(19-22)10-11-28(25)21(2)29)27-14-12-26(13-15-27)16-17-30-24-6-4-3-5-7-24/h3-9,19-20H,10-18H2,1-2H3. The second kappa shape index (κ2) is 9.63. The van der Waals surface area contributed by atoms with Gasteiger partial charge in [0.2, 0.25) is 5.91 Å². The fourth-order valence-corrected chi connectivity index (χ4v) is 4.62. The predicted molar refractivity (Wildman–Crippen MR) is 121 cm³/mol. The van der Waals surface area contributed by atoms with Crippen molar-refractivity contribution in [3.05, 3.63) is 59.7 Å². The quantitative estimate of drug-likeness (QED) is 0.706. The van der Waals surface area contributed by atoms with Gasteiger partial charge in [-0.2, -0.15) is 0 Å². The third kappa shape index (κ3) is 5.02. The number of rotatable bonds is 7. The molecule has 2 aliphatic heterocycles. The summed E-state index contributed by atoms with van der Waals surface area (Å²) in [4.78, 5) is 18.7. The van der Waals surface area contributed by atoms with E-state index in [4.69, 9.17) is 4.74 Å². The van der Waals surface area contributed by atoms with Crippen molar-refractivity contribution in [1.82, 2.24) is 9.80 Å². The largest absolute Gasteiger partial charge is 0.492 e. The topological polar surface area (TPSA) is 36.0 Å². The molecule has 5 nitrogen and oxygen atoms in total. The van der Waals surface area contributed by atoms with Crippen LogP contribution in [0, 0.1) is 0 Å². The molecule has 0 saturated carbocycles. The molecule has 0 spiro atoms. The van der Waals surface area contributed by atoms with Crippen LogP contribution in [-0.4, -0.2) is 67.6 Å². The molecule has 1 fully saturated rings. The van der Waals surface area contributed by atoms with Crippen molar-refractivity contribution in [2.75, 3.05) is 50.8 Å². The van der Waals surface area contributed by atoms with Gasteiger partial charge >= 0.3 is 0 Å². The first kappa shape index (κ1) is 20.9. The number of hydrogen-bond donors (Lipinski definition) is 0. The highest BCUT2D eigenvalue weighted by Crippen LogP contribution is 2.29. The van der Waals surface area contributed by atoms with Crippen LogP contribution >= 0.6 is 0 Å². The van der Waals surface area contributed by atoms with E-state index in [1.54, 1.807) is 6.92 Å². The van der Waals surface area contributed by atoms with Crippen LogP contribution in [0.5, 0.6) is 5.75 Å². The van der Waals surface area contributed by atoms with Crippen molar-refractivity contribution in [2.45, 2.75) is 32.7 Å². The van der Waals surface area contributed by atoms with Crippen molar-refractivity contribution in [3.8, 4) is 5.75 Å². The summed E-state index contributed by atoms with van der Waals surface area (Å²) < 4.78 is 5.84. The summed E-state index contributed by atoms with van der Waals surface area (Å²) in [5.41, 5.74) is 3.80. The monoisotopic (exact) mass is 407 g/mol. The van der Waals surface area contributed by atoms with Gasteiger partial charge in [-0.3, -0.25) is 14.6 Å². The summed E-state index contributed by atoms with van der Waals surface area (Å²) >= 11 is 0. The van der Waals surface area contributed by atoms with Gasteiger partial charge in [0, 0.05) is 57.9 Å². The number of fused-ring (bicyclic) bond motifs is 1. The minimum absolute atomic E-state index is 0.141. The Morgan fingerprint density at radius 2 is 1.80 bits per heavy atom. The van der Waals surface area contributed by atoms with Crippen molar-refractivity contribution in [2.24, 2.45) is 0 Å². The van der Waals surface area contributed by atoms with Gasteiger partial charge in [0.1, 0.15) is 12.4 Å². The van der Waals surface area contributed by atoms with E-state index in [2.05, 4.69) is 34.9 Å². The van der Waals surface area contributed by atoms with Gasteiger partial charge < -0.3 is 9.64 Å². The van der Waals surface area contributed by atoms with Crippen LogP contribution < -0.4 is 9.64 Å². The van der Waals surface area contributed by atoms with E-state index in [-0.39, 0.29) is 5.91 Å². The number of benzene rings is 2. The van der Waals surface area contributed by atoms with Crippen LogP contribution in [0.4, 0.5) is 5.69 Å². The first-order chi connectivity index (χ1) is 14.6. The molecule has 2 aliphatic rings. The zero-order chi connectivity index (χ0) is 20.9. The highest BCUT2D eigenvalue weighted by Gasteiger charge is 2.24. The van der Waals surface area contributed by atoms with Gasteiger partial charge in [-0.15, -0.1) is 0 Å². The lowest BCUT2D eigenvalue weighted by atomic mass is 10.0. The van der Waals surface area contributed by atoms with Crippen LogP contribution in [0.3, 0.4) is 0 Å². The Labute approximate surface area is 180 Å². The molecule has 1 atom stereocenters. The molecule has 1 saturated heterocycles. The van der Waals surface area contributed by atoms with Crippen LogP contribution in [-0.2, 0) is 17.6 Å². The molecule has 0 bridgehead atoms. The van der Waals surface area contributed by atoms with Crippen molar-refractivity contribution in [1.29, 1.82) is 0 Å². The first-order valence-electron chi connectivity index (χ1n) is 11.1. The molecule has 5 heteroatoms. The number of ether oxygens (including phenoxy) is 1. The van der Waals surface area contributed by atoms with E-state index in [9.17, 15) is 4.79 Å². The molecule has 0 N–H and O–H groups in total. The Hall–Kier alpha value is -2.37. The van der Waals surface area contributed by atoms with Gasteiger partial charge in [0.25, 0.3) is 0 Å².